The van der Waals surface area contributed by atoms with Gasteiger partial charge in [0.1, 0.15) is 5.75 Å². The monoisotopic (exact) mass is 539 g/mol. The highest BCUT2D eigenvalue weighted by Crippen LogP contribution is 2.45. The molecule has 0 unspecified atom stereocenters. The number of fused-ring (bicyclic) bond motifs is 1. The zero-order valence-corrected chi connectivity index (χ0v) is 22.3. The highest BCUT2D eigenvalue weighted by molar-refractivity contribution is 7.99. The number of aromatic hydroxyl groups is 1. The van der Waals surface area contributed by atoms with Crippen LogP contribution in [-0.2, 0) is 0 Å². The largest absolute Gasteiger partial charge is 0.508 e. The lowest BCUT2D eigenvalue weighted by atomic mass is 9.87. The van der Waals surface area contributed by atoms with Crippen LogP contribution in [0, 0.1) is 0 Å². The third-order valence-electron chi connectivity index (χ3n) is 6.76. The number of nitrogens with zero attached hydrogens (tertiary/aromatic N) is 1. The van der Waals surface area contributed by atoms with E-state index in [4.69, 9.17) is 23.2 Å². The molecule has 6 heteroatoms. The van der Waals surface area contributed by atoms with E-state index in [1.54, 1.807) is 23.9 Å². The molecule has 3 aromatic carbocycles. The maximum absolute atomic E-state index is 12.5. The van der Waals surface area contributed by atoms with Gasteiger partial charge in [0.2, 0.25) is 0 Å². The van der Waals surface area contributed by atoms with Crippen molar-refractivity contribution in [2.75, 3.05) is 32.1 Å². The molecule has 2 aliphatic heterocycles. The van der Waals surface area contributed by atoms with Crippen LogP contribution in [0.15, 0.2) is 71.1 Å². The highest BCUT2D eigenvalue weighted by Gasteiger charge is 2.22. The van der Waals surface area contributed by atoms with E-state index < -0.39 is 0 Å². The first kappa shape index (κ1) is 25.4. The Hall–Kier alpha value is -2.24. The Balaban J connectivity index is 1.54. The lowest BCUT2D eigenvalue weighted by molar-refractivity contribution is 0.317. The van der Waals surface area contributed by atoms with Crippen LogP contribution in [0.25, 0.3) is 17.2 Å². The summed E-state index contributed by atoms with van der Waals surface area (Å²) in [4.78, 5) is 3.39. The number of rotatable bonds is 6. The Morgan fingerprint density at radius 1 is 0.972 bits per heavy atom. The van der Waals surface area contributed by atoms with Gasteiger partial charge in [-0.2, -0.15) is 0 Å². The first-order valence-corrected chi connectivity index (χ1v) is 14.0. The molecule has 2 aliphatic rings. The molecular formula is C30H28Cl2FNOS. The summed E-state index contributed by atoms with van der Waals surface area (Å²) < 4.78 is 12.5. The van der Waals surface area contributed by atoms with Gasteiger partial charge in [-0.3, -0.25) is 9.29 Å². The number of phenols is 1. The van der Waals surface area contributed by atoms with Crippen molar-refractivity contribution in [3.05, 3.63) is 98.5 Å². The number of halogens is 3. The predicted octanol–water partition coefficient (Wildman–Crippen LogP) is 8.60. The minimum Gasteiger partial charge on any atom is -0.508 e. The second-order valence-electron chi connectivity index (χ2n) is 9.25. The second-order valence-corrected chi connectivity index (χ2v) is 11.2. The quantitative estimate of drug-likeness (QED) is 0.339. The van der Waals surface area contributed by atoms with Gasteiger partial charge in [0.25, 0.3) is 0 Å². The van der Waals surface area contributed by atoms with Crippen molar-refractivity contribution in [1.29, 1.82) is 0 Å². The van der Waals surface area contributed by atoms with Gasteiger partial charge in [0.05, 0.1) is 6.67 Å². The van der Waals surface area contributed by atoms with Gasteiger partial charge in [-0.25, -0.2) is 0 Å². The highest BCUT2D eigenvalue weighted by atomic mass is 35.5. The summed E-state index contributed by atoms with van der Waals surface area (Å²) in [7, 11) is 0. The number of benzene rings is 3. The molecule has 2 nitrogen and oxygen atoms in total. The normalized spacial score (nSPS) is 17.5. The Bertz CT molecular complexity index is 1320. The Kier molecular flexibility index (Phi) is 8.07. The van der Waals surface area contributed by atoms with Gasteiger partial charge in [0, 0.05) is 40.3 Å². The van der Waals surface area contributed by atoms with Crippen molar-refractivity contribution < 1.29 is 9.50 Å². The topological polar surface area (TPSA) is 23.5 Å². The van der Waals surface area contributed by atoms with E-state index in [9.17, 15) is 9.50 Å². The van der Waals surface area contributed by atoms with E-state index in [1.807, 2.05) is 24.3 Å². The third kappa shape index (κ3) is 5.68. The Morgan fingerprint density at radius 3 is 2.56 bits per heavy atom. The molecule has 0 spiro atoms. The number of allylic oxidation sites excluding steroid dienone is 1. The van der Waals surface area contributed by atoms with Crippen LogP contribution >= 0.6 is 35.0 Å². The number of thioether (sulfide) groups is 1. The molecule has 0 bridgehead atoms. The predicted molar refractivity (Wildman–Crippen MR) is 152 cm³/mol. The van der Waals surface area contributed by atoms with E-state index >= 15 is 0 Å². The molecule has 0 saturated carbocycles. The van der Waals surface area contributed by atoms with Gasteiger partial charge >= 0.3 is 0 Å². The maximum Gasteiger partial charge on any atom is 0.116 e. The third-order valence-corrected chi connectivity index (χ3v) is 8.36. The molecule has 0 radical (unpaired) electrons. The molecule has 3 aromatic rings. The van der Waals surface area contributed by atoms with E-state index in [-0.39, 0.29) is 12.4 Å². The van der Waals surface area contributed by atoms with Crippen molar-refractivity contribution in [2.24, 2.45) is 0 Å². The van der Waals surface area contributed by atoms with Crippen LogP contribution < -0.4 is 0 Å². The molecule has 2 heterocycles. The molecule has 0 amide bonds. The van der Waals surface area contributed by atoms with Gasteiger partial charge in [0.15, 0.2) is 0 Å². The minimum absolute atomic E-state index is 0.253. The first-order valence-electron chi connectivity index (χ1n) is 12.2. The van der Waals surface area contributed by atoms with Crippen LogP contribution in [-0.4, -0.2) is 42.1 Å². The second kappa shape index (κ2) is 11.4. The SMILES string of the molecule is Oc1ccc2c(c1)SCCC(c1ccc(Cl)cc1Cl)=C2c1ccc(/C=C2/CCN(CCCF)C2)cc1. The average molecular weight is 541 g/mol. The van der Waals surface area contributed by atoms with Crippen molar-refractivity contribution >= 4 is 52.2 Å². The molecule has 1 N–H and O–H groups in total. The number of hydrogen-bond acceptors (Lipinski definition) is 3. The molecule has 0 aromatic heterocycles. The molecule has 5 rings (SSSR count). The fourth-order valence-electron chi connectivity index (χ4n) is 5.04. The lowest BCUT2D eigenvalue weighted by Crippen LogP contribution is -2.20. The number of alkyl halides is 1. The van der Waals surface area contributed by atoms with Gasteiger partial charge in [-0.15, -0.1) is 11.8 Å². The van der Waals surface area contributed by atoms with Crippen LogP contribution in [0.3, 0.4) is 0 Å². The molecule has 1 saturated heterocycles. The fraction of sp³-hybridized carbons (Fsp3) is 0.267. The minimum atomic E-state index is -0.253. The molecule has 1 fully saturated rings. The van der Waals surface area contributed by atoms with Crippen molar-refractivity contribution in [1.82, 2.24) is 4.90 Å². The van der Waals surface area contributed by atoms with E-state index in [0.29, 0.717) is 16.5 Å². The van der Waals surface area contributed by atoms with Gasteiger partial charge in [-0.1, -0.05) is 65.2 Å². The van der Waals surface area contributed by atoms with Crippen molar-refractivity contribution in [2.45, 2.75) is 24.2 Å². The maximum atomic E-state index is 12.5. The zero-order chi connectivity index (χ0) is 25.1. The number of hydrogen-bond donors (Lipinski definition) is 1. The van der Waals surface area contributed by atoms with Crippen molar-refractivity contribution in [3.63, 3.8) is 0 Å². The number of phenolic OH excluding ortho intramolecular Hbond substituents is 1. The first-order chi connectivity index (χ1) is 17.5. The van der Waals surface area contributed by atoms with Gasteiger partial charge in [-0.05, 0) is 83.0 Å². The van der Waals surface area contributed by atoms with Crippen LogP contribution in [0.4, 0.5) is 4.39 Å². The summed E-state index contributed by atoms with van der Waals surface area (Å²) in [5.74, 6) is 1.16. The summed E-state index contributed by atoms with van der Waals surface area (Å²) in [6.45, 7) is 2.49. The van der Waals surface area contributed by atoms with E-state index in [1.165, 1.54) is 16.7 Å². The van der Waals surface area contributed by atoms with E-state index in [0.717, 1.165) is 65.4 Å². The number of likely N-dealkylation sites (tertiary alicyclic amines) is 1. The van der Waals surface area contributed by atoms with Gasteiger partial charge < -0.3 is 5.11 Å². The standard InChI is InChI=1S/C30H28Cl2FNOS/c31-23-6-8-25(28(32)17-23)26-11-15-36-29-18-24(35)7-9-27(29)30(26)22-4-2-20(3-5-22)16-21-10-14-34(19-21)13-1-12-33/h2-9,16-18,35H,1,10-15,19H2/b21-16-. The molecule has 0 aliphatic carbocycles. The summed E-state index contributed by atoms with van der Waals surface area (Å²) in [5.41, 5.74) is 8.08. The lowest BCUT2D eigenvalue weighted by Gasteiger charge is -2.17. The smallest absolute Gasteiger partial charge is 0.116 e. The summed E-state index contributed by atoms with van der Waals surface area (Å²) in [6.07, 6.45) is 4.75. The fourth-order valence-corrected chi connectivity index (χ4v) is 6.62. The molecule has 36 heavy (non-hydrogen) atoms. The van der Waals surface area contributed by atoms with Crippen LogP contribution in [0.1, 0.15) is 41.5 Å². The molecule has 0 atom stereocenters. The Morgan fingerprint density at radius 2 is 1.78 bits per heavy atom. The summed E-state index contributed by atoms with van der Waals surface area (Å²) in [6, 6.07) is 20.0. The van der Waals surface area contributed by atoms with Crippen LogP contribution in [0.5, 0.6) is 5.75 Å². The van der Waals surface area contributed by atoms with Crippen LogP contribution in [0.2, 0.25) is 10.0 Å². The molecular weight excluding hydrogens is 512 g/mol. The summed E-state index contributed by atoms with van der Waals surface area (Å²) in [5, 5.41) is 11.4. The van der Waals surface area contributed by atoms with Crippen molar-refractivity contribution in [3.8, 4) is 5.75 Å². The average Bonchev–Trinajstić information content (AvgIpc) is 3.22. The van der Waals surface area contributed by atoms with E-state index in [2.05, 4.69) is 35.2 Å². The Labute approximate surface area is 226 Å². The summed E-state index contributed by atoms with van der Waals surface area (Å²) >= 11 is 14.6. The molecule has 186 valence electrons. The zero-order valence-electron chi connectivity index (χ0n) is 19.9.